The summed E-state index contributed by atoms with van der Waals surface area (Å²) in [5.41, 5.74) is 0.901. The van der Waals surface area contributed by atoms with E-state index in [1.807, 2.05) is 32.0 Å². The van der Waals surface area contributed by atoms with Crippen LogP contribution in [0.15, 0.2) is 53.4 Å². The lowest BCUT2D eigenvalue weighted by Crippen LogP contribution is -2.28. The van der Waals surface area contributed by atoms with Gasteiger partial charge in [-0.1, -0.05) is 12.1 Å². The molecule has 0 aliphatic carbocycles. The highest BCUT2D eigenvalue weighted by Crippen LogP contribution is 2.17. The number of rotatable bonds is 8. The van der Waals surface area contributed by atoms with Crippen molar-refractivity contribution in [2.24, 2.45) is 0 Å². The zero-order chi connectivity index (χ0) is 16.7. The fourth-order valence-corrected chi connectivity index (χ4v) is 3.13. The predicted octanol–water partition coefficient (Wildman–Crippen LogP) is 2.75. The fraction of sp³-hybridized carbons (Fsp3) is 0.294. The van der Waals surface area contributed by atoms with Crippen LogP contribution in [0.5, 0.6) is 11.5 Å². The number of aryl methyl sites for hydroxylation is 1. The minimum atomic E-state index is -3.50. The van der Waals surface area contributed by atoms with Crippen LogP contribution in [0.25, 0.3) is 0 Å². The molecule has 0 aliphatic rings. The van der Waals surface area contributed by atoms with E-state index in [2.05, 4.69) is 4.72 Å². The first-order valence-corrected chi connectivity index (χ1v) is 8.91. The van der Waals surface area contributed by atoms with Gasteiger partial charge in [0, 0.05) is 6.54 Å². The van der Waals surface area contributed by atoms with Gasteiger partial charge in [-0.3, -0.25) is 0 Å². The minimum absolute atomic E-state index is 0.198. The van der Waals surface area contributed by atoms with Gasteiger partial charge in [-0.15, -0.1) is 0 Å². The van der Waals surface area contributed by atoms with E-state index in [1.54, 1.807) is 30.3 Å². The van der Waals surface area contributed by atoms with Crippen molar-refractivity contribution in [1.82, 2.24) is 4.72 Å². The Bertz CT molecular complexity index is 727. The molecular formula is C17H21NO4S. The van der Waals surface area contributed by atoms with Crippen molar-refractivity contribution in [3.63, 3.8) is 0 Å². The van der Waals surface area contributed by atoms with E-state index in [-0.39, 0.29) is 18.0 Å². The van der Waals surface area contributed by atoms with Crippen LogP contribution in [0.4, 0.5) is 0 Å². The molecule has 0 fully saturated rings. The van der Waals surface area contributed by atoms with Crippen molar-refractivity contribution < 1.29 is 17.9 Å². The highest BCUT2D eigenvalue weighted by Gasteiger charge is 2.13. The fourth-order valence-electron chi connectivity index (χ4n) is 2.01. The van der Waals surface area contributed by atoms with E-state index in [4.69, 9.17) is 9.47 Å². The second-order valence-corrected chi connectivity index (χ2v) is 6.73. The molecule has 0 aliphatic heterocycles. The molecule has 5 nitrogen and oxygen atoms in total. The molecule has 0 heterocycles. The van der Waals surface area contributed by atoms with E-state index in [0.29, 0.717) is 12.4 Å². The first-order valence-electron chi connectivity index (χ1n) is 7.43. The maximum absolute atomic E-state index is 12.1. The van der Waals surface area contributed by atoms with Crippen molar-refractivity contribution in [3.05, 3.63) is 54.1 Å². The predicted molar refractivity (Wildman–Crippen MR) is 89.5 cm³/mol. The highest BCUT2D eigenvalue weighted by atomic mass is 32.2. The molecule has 0 atom stereocenters. The summed E-state index contributed by atoms with van der Waals surface area (Å²) in [4.78, 5) is 0.263. The SMILES string of the molecule is CCOc1ccc(OCCNS(=O)(=O)c2cccc(C)c2)cc1. The molecule has 0 spiro atoms. The Hall–Kier alpha value is -2.05. The summed E-state index contributed by atoms with van der Waals surface area (Å²) >= 11 is 0. The lowest BCUT2D eigenvalue weighted by Gasteiger charge is -2.09. The highest BCUT2D eigenvalue weighted by molar-refractivity contribution is 7.89. The Morgan fingerprint density at radius 1 is 1.00 bits per heavy atom. The summed E-state index contributed by atoms with van der Waals surface area (Å²) in [7, 11) is -3.50. The summed E-state index contributed by atoms with van der Waals surface area (Å²) in [6.45, 7) is 4.84. The Morgan fingerprint density at radius 2 is 1.65 bits per heavy atom. The molecule has 0 unspecified atom stereocenters. The minimum Gasteiger partial charge on any atom is -0.494 e. The number of benzene rings is 2. The van der Waals surface area contributed by atoms with Crippen LogP contribution in [0.1, 0.15) is 12.5 Å². The van der Waals surface area contributed by atoms with Crippen LogP contribution in [0.3, 0.4) is 0 Å². The first-order chi connectivity index (χ1) is 11.0. The van der Waals surface area contributed by atoms with Gasteiger partial charge in [0.15, 0.2) is 0 Å². The van der Waals surface area contributed by atoms with Crippen LogP contribution < -0.4 is 14.2 Å². The van der Waals surface area contributed by atoms with Crippen LogP contribution in [0, 0.1) is 6.92 Å². The van der Waals surface area contributed by atoms with Crippen molar-refractivity contribution in [1.29, 1.82) is 0 Å². The van der Waals surface area contributed by atoms with Gasteiger partial charge < -0.3 is 9.47 Å². The third-order valence-electron chi connectivity index (χ3n) is 3.10. The van der Waals surface area contributed by atoms with E-state index in [0.717, 1.165) is 11.3 Å². The molecule has 0 bridgehead atoms. The molecule has 6 heteroatoms. The lowest BCUT2D eigenvalue weighted by molar-refractivity contribution is 0.319. The quantitative estimate of drug-likeness (QED) is 0.754. The summed E-state index contributed by atoms with van der Waals surface area (Å²) in [5, 5.41) is 0. The van der Waals surface area contributed by atoms with Crippen LogP contribution >= 0.6 is 0 Å². The molecule has 0 amide bonds. The summed E-state index contributed by atoms with van der Waals surface area (Å²) in [6, 6.07) is 14.0. The van der Waals surface area contributed by atoms with Crippen molar-refractivity contribution in [2.75, 3.05) is 19.8 Å². The van der Waals surface area contributed by atoms with Crippen molar-refractivity contribution >= 4 is 10.0 Å². The van der Waals surface area contributed by atoms with Crippen LogP contribution in [0.2, 0.25) is 0 Å². The Balaban J connectivity index is 1.82. The van der Waals surface area contributed by atoms with Gasteiger partial charge in [0.2, 0.25) is 10.0 Å². The van der Waals surface area contributed by atoms with E-state index in [9.17, 15) is 8.42 Å². The van der Waals surface area contributed by atoms with E-state index >= 15 is 0 Å². The molecule has 0 aromatic heterocycles. The summed E-state index contributed by atoms with van der Waals surface area (Å²) in [5.74, 6) is 1.45. The first kappa shape index (κ1) is 17.3. The Labute approximate surface area is 137 Å². The second kappa shape index (κ2) is 7.99. The monoisotopic (exact) mass is 335 g/mol. The Morgan fingerprint density at radius 3 is 2.26 bits per heavy atom. The average molecular weight is 335 g/mol. The molecule has 0 saturated carbocycles. The standard InChI is InChI=1S/C17H21NO4S/c1-3-21-15-7-9-16(10-8-15)22-12-11-18-23(19,20)17-6-4-5-14(2)13-17/h4-10,13,18H,3,11-12H2,1-2H3. The molecule has 124 valence electrons. The molecule has 0 saturated heterocycles. The third kappa shape index (κ3) is 5.26. The normalized spacial score (nSPS) is 11.2. The van der Waals surface area contributed by atoms with E-state index < -0.39 is 10.0 Å². The van der Waals surface area contributed by atoms with E-state index in [1.165, 1.54) is 0 Å². The molecule has 1 N–H and O–H groups in total. The number of hydrogen-bond acceptors (Lipinski definition) is 4. The van der Waals surface area contributed by atoms with Crippen molar-refractivity contribution in [3.8, 4) is 11.5 Å². The summed E-state index contributed by atoms with van der Waals surface area (Å²) in [6.07, 6.45) is 0. The topological polar surface area (TPSA) is 64.6 Å². The third-order valence-corrected chi connectivity index (χ3v) is 4.56. The molecule has 0 radical (unpaired) electrons. The van der Waals surface area contributed by atoms with Gasteiger partial charge in [0.05, 0.1) is 11.5 Å². The van der Waals surface area contributed by atoms with Gasteiger partial charge in [-0.05, 0) is 55.8 Å². The maximum Gasteiger partial charge on any atom is 0.240 e. The lowest BCUT2D eigenvalue weighted by atomic mass is 10.2. The van der Waals surface area contributed by atoms with Gasteiger partial charge in [0.25, 0.3) is 0 Å². The van der Waals surface area contributed by atoms with Gasteiger partial charge in [0.1, 0.15) is 18.1 Å². The molecule has 2 aromatic carbocycles. The molecular weight excluding hydrogens is 314 g/mol. The van der Waals surface area contributed by atoms with Gasteiger partial charge in [-0.2, -0.15) is 0 Å². The average Bonchev–Trinajstić information content (AvgIpc) is 2.53. The van der Waals surface area contributed by atoms with Crippen LogP contribution in [-0.2, 0) is 10.0 Å². The number of nitrogens with one attached hydrogen (secondary N) is 1. The molecule has 23 heavy (non-hydrogen) atoms. The number of sulfonamides is 1. The molecule has 2 rings (SSSR count). The van der Waals surface area contributed by atoms with Crippen molar-refractivity contribution in [2.45, 2.75) is 18.7 Å². The zero-order valence-corrected chi connectivity index (χ0v) is 14.1. The smallest absolute Gasteiger partial charge is 0.240 e. The van der Waals surface area contributed by atoms with Crippen LogP contribution in [-0.4, -0.2) is 28.2 Å². The summed E-state index contributed by atoms with van der Waals surface area (Å²) < 4.78 is 37.6. The Kier molecular flexibility index (Phi) is 6.01. The zero-order valence-electron chi connectivity index (χ0n) is 13.3. The van der Waals surface area contributed by atoms with Gasteiger partial charge in [-0.25, -0.2) is 13.1 Å². The van der Waals surface area contributed by atoms with Gasteiger partial charge >= 0.3 is 0 Å². The maximum atomic E-state index is 12.1. The number of hydrogen-bond donors (Lipinski definition) is 1. The second-order valence-electron chi connectivity index (χ2n) is 4.97. The molecule has 2 aromatic rings. The largest absolute Gasteiger partial charge is 0.494 e. The number of ether oxygens (including phenoxy) is 2.